The number of hydrogen-bond donors (Lipinski definition) is 5. The van der Waals surface area contributed by atoms with E-state index in [-0.39, 0.29) is 5.56 Å². The van der Waals surface area contributed by atoms with Gasteiger partial charge in [-0.15, -0.1) is 9.20 Å². The van der Waals surface area contributed by atoms with E-state index in [1.54, 1.807) is 0 Å². The third-order valence-corrected chi connectivity index (χ3v) is 7.11. The zero-order valence-corrected chi connectivity index (χ0v) is 17.3. The summed E-state index contributed by atoms with van der Waals surface area (Å²) in [6.07, 6.45) is -6.34. The minimum absolute atomic E-state index is 0.0443. The lowest BCUT2D eigenvalue weighted by molar-refractivity contribution is -0.157. The molecule has 16 nitrogen and oxygen atoms in total. The summed E-state index contributed by atoms with van der Waals surface area (Å²) in [6.45, 7) is 0.440. The number of rotatable bonds is 9. The molecule has 0 aromatic carbocycles. The molecule has 0 saturated carbocycles. The van der Waals surface area contributed by atoms with Crippen molar-refractivity contribution in [1.82, 2.24) is 9.55 Å². The smallest absolute Gasteiger partial charge is 0.387 e. The predicted octanol–water partition coefficient (Wildman–Crippen LogP) is -0.161. The molecule has 0 amide bonds. The van der Waals surface area contributed by atoms with E-state index < -0.39 is 66.4 Å². The molecule has 1 aliphatic heterocycles. The maximum Gasteiger partial charge on any atom is 0.708 e. The number of halogens is 1. The summed E-state index contributed by atoms with van der Waals surface area (Å²) in [5, 5.41) is 17.9. The number of aliphatic hydroxyl groups excluding tert-OH is 1. The first-order valence-electron chi connectivity index (χ1n) is 7.56. The minimum Gasteiger partial charge on any atom is -0.387 e. The Bertz CT molecular complexity index is 1010. The summed E-state index contributed by atoms with van der Waals surface area (Å²) in [5.74, 6) is 0. The van der Waals surface area contributed by atoms with Crippen molar-refractivity contribution in [2.24, 2.45) is 0 Å². The number of nitrogens with zero attached hydrogens (tertiary/aromatic N) is 1. The molecule has 7 atom stereocenters. The highest BCUT2D eigenvalue weighted by atomic mass is 31.3. The van der Waals surface area contributed by atoms with Crippen molar-refractivity contribution in [2.45, 2.75) is 31.5 Å². The van der Waals surface area contributed by atoms with Crippen molar-refractivity contribution >= 4 is 23.9 Å². The van der Waals surface area contributed by atoms with Crippen LogP contribution in [0.15, 0.2) is 15.8 Å². The normalized spacial score (nSPS) is 28.7. The van der Waals surface area contributed by atoms with Crippen LogP contribution in [0.4, 0.5) is 4.39 Å². The molecule has 0 aliphatic carbocycles. The van der Waals surface area contributed by atoms with Gasteiger partial charge in [-0.25, -0.2) is 23.6 Å². The van der Waals surface area contributed by atoms with Crippen molar-refractivity contribution < 1.29 is 60.8 Å². The summed E-state index contributed by atoms with van der Waals surface area (Å²) < 4.78 is 68.7. The second-order valence-corrected chi connectivity index (χ2v) is 9.73. The molecule has 0 radical (unpaired) electrons. The first-order chi connectivity index (χ1) is 13.8. The average molecular weight is 499 g/mol. The number of H-pyrrole nitrogens is 1. The number of aliphatic hydroxyl groups is 1. The van der Waals surface area contributed by atoms with Crippen LogP contribution < -0.4 is 11.2 Å². The molecular formula is C10H15FN2O14P3+. The molecule has 0 bridgehead atoms. The highest BCUT2D eigenvalue weighted by molar-refractivity contribution is 7.64. The highest BCUT2D eigenvalue weighted by Gasteiger charge is 2.49. The van der Waals surface area contributed by atoms with Crippen LogP contribution in [0.5, 0.6) is 0 Å². The Morgan fingerprint density at radius 3 is 2.57 bits per heavy atom. The van der Waals surface area contributed by atoms with Gasteiger partial charge in [0.05, 0.1) is 0 Å². The van der Waals surface area contributed by atoms with Crippen molar-refractivity contribution in [2.75, 3.05) is 6.61 Å². The van der Waals surface area contributed by atoms with Crippen LogP contribution in [0.1, 0.15) is 11.8 Å². The molecule has 4 unspecified atom stereocenters. The molecule has 2 rings (SSSR count). The number of phosphoric acid groups is 2. The van der Waals surface area contributed by atoms with Gasteiger partial charge >= 0.3 is 29.6 Å². The lowest BCUT2D eigenvalue weighted by Crippen LogP contribution is -2.36. The number of ether oxygens (including phenoxy) is 1. The fourth-order valence-corrected chi connectivity index (χ4v) is 4.92. The number of aryl methyl sites for hydroxylation is 1. The Kier molecular flexibility index (Phi) is 7.96. The largest absolute Gasteiger partial charge is 0.708 e. The van der Waals surface area contributed by atoms with Gasteiger partial charge in [-0.05, 0) is 11.2 Å². The van der Waals surface area contributed by atoms with E-state index in [1.807, 2.05) is 4.98 Å². The molecule has 0 spiro atoms. The number of aromatic nitrogens is 2. The molecule has 1 saturated heterocycles. The lowest BCUT2D eigenvalue weighted by Gasteiger charge is -2.16. The number of alkyl halides is 1. The van der Waals surface area contributed by atoms with E-state index in [4.69, 9.17) is 19.8 Å². The fourth-order valence-electron chi connectivity index (χ4n) is 2.24. The SMILES string of the molecule is Cc1cn([C@H]2O[C@@H](CO[P+](=O)OP(=O)(O)OP(=O)(O)OO)[C@@H](O)C2F)c(=O)[nH]c1=O. The predicted molar refractivity (Wildman–Crippen MR) is 90.0 cm³/mol. The lowest BCUT2D eigenvalue weighted by atomic mass is 10.1. The van der Waals surface area contributed by atoms with E-state index in [0.717, 1.165) is 6.20 Å². The van der Waals surface area contributed by atoms with Gasteiger partial charge in [-0.3, -0.25) is 19.2 Å². The summed E-state index contributed by atoms with van der Waals surface area (Å²) in [5.41, 5.74) is -1.70. The van der Waals surface area contributed by atoms with Gasteiger partial charge in [0.1, 0.15) is 18.8 Å². The van der Waals surface area contributed by atoms with E-state index >= 15 is 0 Å². The van der Waals surface area contributed by atoms with Crippen molar-refractivity contribution in [3.05, 3.63) is 32.6 Å². The van der Waals surface area contributed by atoms with Gasteiger partial charge < -0.3 is 14.7 Å². The Hall–Kier alpha value is -1.19. The third-order valence-electron chi connectivity index (χ3n) is 3.54. The van der Waals surface area contributed by atoms with Crippen LogP contribution in [0.2, 0.25) is 0 Å². The number of hydrogen-bond acceptors (Lipinski definition) is 12. The van der Waals surface area contributed by atoms with Gasteiger partial charge in [-0.1, -0.05) is 0 Å². The van der Waals surface area contributed by atoms with Gasteiger partial charge in [0.25, 0.3) is 5.56 Å². The second kappa shape index (κ2) is 9.53. The van der Waals surface area contributed by atoms with Crippen molar-refractivity contribution in [3.8, 4) is 0 Å². The molecule has 1 aromatic rings. The Labute approximate surface area is 165 Å². The minimum atomic E-state index is -5.52. The standard InChI is InChI=1S/C10H14FN2O14P3/c1-4-2-13(10(16)12-8(4)15)9-6(11)7(14)5(24-9)3-23-28(18)26-30(21,22)27-29(19,20)25-17/h2,5-7,9,14H,3H2,1H3,(H3-,12,15,16,17,19,20,21,22)/p+1/t5-,6?,7+,9-/m0/s1. The fraction of sp³-hybridized carbons (Fsp3) is 0.600. The molecule has 5 N–H and O–H groups in total. The van der Waals surface area contributed by atoms with Crippen LogP contribution in [0.25, 0.3) is 0 Å². The van der Waals surface area contributed by atoms with Crippen LogP contribution in [-0.2, 0) is 36.3 Å². The van der Waals surface area contributed by atoms with E-state index in [0.29, 0.717) is 4.57 Å². The molecule has 1 aromatic heterocycles. The van der Waals surface area contributed by atoms with E-state index in [1.165, 1.54) is 6.92 Å². The van der Waals surface area contributed by atoms with Crippen LogP contribution in [0.3, 0.4) is 0 Å². The summed E-state index contributed by atoms with van der Waals surface area (Å²) >= 11 is 0. The Morgan fingerprint density at radius 1 is 1.33 bits per heavy atom. The van der Waals surface area contributed by atoms with Gasteiger partial charge in [0.2, 0.25) is 0 Å². The first kappa shape index (κ1) is 25.1. The maximum atomic E-state index is 14.4. The molecule has 2 heterocycles. The average Bonchev–Trinajstić information content (AvgIpc) is 2.90. The Balaban J connectivity index is 2.02. The molecule has 1 aliphatic rings. The molecular weight excluding hydrogens is 484 g/mol. The van der Waals surface area contributed by atoms with Gasteiger partial charge in [-0.2, -0.15) is 4.31 Å². The number of aromatic amines is 1. The maximum absolute atomic E-state index is 14.4. The zero-order chi connectivity index (χ0) is 22.9. The molecule has 1 fully saturated rings. The van der Waals surface area contributed by atoms with Crippen LogP contribution in [-0.4, -0.2) is 54.7 Å². The zero-order valence-electron chi connectivity index (χ0n) is 14.6. The summed E-state index contributed by atoms with van der Waals surface area (Å²) in [7, 11) is -14.5. The summed E-state index contributed by atoms with van der Waals surface area (Å²) in [6, 6.07) is 0. The van der Waals surface area contributed by atoms with Crippen LogP contribution >= 0.6 is 23.9 Å². The van der Waals surface area contributed by atoms with Crippen molar-refractivity contribution in [3.63, 3.8) is 0 Å². The van der Waals surface area contributed by atoms with Crippen molar-refractivity contribution in [1.29, 1.82) is 0 Å². The van der Waals surface area contributed by atoms with Gasteiger partial charge in [0, 0.05) is 16.3 Å². The third kappa shape index (κ3) is 6.17. The van der Waals surface area contributed by atoms with Gasteiger partial charge in [0.15, 0.2) is 12.4 Å². The quantitative estimate of drug-likeness (QED) is 0.169. The molecule has 20 heteroatoms. The Morgan fingerprint density at radius 2 is 1.97 bits per heavy atom. The van der Waals surface area contributed by atoms with Crippen LogP contribution in [0, 0.1) is 6.92 Å². The summed E-state index contributed by atoms with van der Waals surface area (Å²) in [4.78, 5) is 43.0. The monoisotopic (exact) mass is 499 g/mol. The highest BCUT2D eigenvalue weighted by Crippen LogP contribution is 2.63. The topological polar surface area (TPSA) is 233 Å². The first-order valence-corrected chi connectivity index (χ1v) is 11.6. The van der Waals surface area contributed by atoms with E-state index in [2.05, 4.69) is 17.8 Å². The second-order valence-electron chi connectivity index (χ2n) is 5.68. The number of nitrogens with one attached hydrogen (secondary N) is 1. The molecule has 170 valence electrons. The molecule has 30 heavy (non-hydrogen) atoms. The van der Waals surface area contributed by atoms with E-state index in [9.17, 15) is 32.8 Å².